The van der Waals surface area contributed by atoms with Crippen molar-refractivity contribution in [1.82, 2.24) is 5.32 Å². The van der Waals surface area contributed by atoms with Crippen LogP contribution in [0, 0.1) is 5.92 Å². The standard InChI is InChI=1S/C17H26N2O/c1-14(2)9-11-18-17(20)10-13-19-12-5-7-15-6-3-4-8-16(15)19/h3-4,6,8,14H,5,7,9-13H2,1-2H3,(H,18,20). The van der Waals surface area contributed by atoms with Crippen molar-refractivity contribution < 1.29 is 4.79 Å². The number of benzene rings is 1. The first-order valence-corrected chi connectivity index (χ1v) is 7.76. The normalized spacial score (nSPS) is 14.2. The van der Waals surface area contributed by atoms with E-state index in [4.69, 9.17) is 0 Å². The van der Waals surface area contributed by atoms with Crippen LogP contribution >= 0.6 is 0 Å². The third-order valence-electron chi connectivity index (χ3n) is 3.86. The van der Waals surface area contributed by atoms with Gasteiger partial charge in [-0.3, -0.25) is 4.79 Å². The summed E-state index contributed by atoms with van der Waals surface area (Å²) in [4.78, 5) is 14.2. The molecular formula is C17H26N2O. The summed E-state index contributed by atoms with van der Waals surface area (Å²) in [5, 5.41) is 3.01. The molecule has 0 saturated carbocycles. The summed E-state index contributed by atoms with van der Waals surface area (Å²) in [5.41, 5.74) is 2.73. The molecule has 3 heteroatoms. The first kappa shape index (κ1) is 14.9. The van der Waals surface area contributed by atoms with Gasteiger partial charge in [0.15, 0.2) is 0 Å². The minimum atomic E-state index is 0.175. The second-order valence-electron chi connectivity index (χ2n) is 6.00. The average molecular weight is 274 g/mol. The van der Waals surface area contributed by atoms with Gasteiger partial charge in [-0.05, 0) is 36.8 Å². The summed E-state index contributed by atoms with van der Waals surface area (Å²) >= 11 is 0. The molecular weight excluding hydrogens is 248 g/mol. The van der Waals surface area contributed by atoms with Crippen LogP contribution in [0.4, 0.5) is 5.69 Å². The van der Waals surface area contributed by atoms with E-state index in [9.17, 15) is 4.79 Å². The molecule has 0 saturated heterocycles. The number of rotatable bonds is 6. The van der Waals surface area contributed by atoms with Crippen LogP contribution in [-0.2, 0) is 11.2 Å². The van der Waals surface area contributed by atoms with Crippen molar-refractivity contribution in [2.75, 3.05) is 24.5 Å². The number of amides is 1. The molecule has 1 aromatic carbocycles. The van der Waals surface area contributed by atoms with Crippen molar-refractivity contribution in [3.05, 3.63) is 29.8 Å². The fourth-order valence-electron chi connectivity index (χ4n) is 2.67. The van der Waals surface area contributed by atoms with Gasteiger partial charge in [0.2, 0.25) is 5.91 Å². The van der Waals surface area contributed by atoms with E-state index >= 15 is 0 Å². The first-order valence-electron chi connectivity index (χ1n) is 7.76. The molecule has 3 nitrogen and oxygen atoms in total. The minimum Gasteiger partial charge on any atom is -0.371 e. The monoisotopic (exact) mass is 274 g/mol. The van der Waals surface area contributed by atoms with Gasteiger partial charge < -0.3 is 10.2 Å². The summed E-state index contributed by atoms with van der Waals surface area (Å²) in [6.07, 6.45) is 3.99. The molecule has 0 aromatic heterocycles. The number of carbonyl (C=O) groups excluding carboxylic acids is 1. The fourth-order valence-corrected chi connectivity index (χ4v) is 2.67. The number of para-hydroxylation sites is 1. The first-order chi connectivity index (χ1) is 9.66. The molecule has 0 aliphatic carbocycles. The predicted octanol–water partition coefficient (Wildman–Crippen LogP) is 2.99. The van der Waals surface area contributed by atoms with Gasteiger partial charge in [-0.25, -0.2) is 0 Å². The molecule has 0 radical (unpaired) electrons. The molecule has 1 aliphatic heterocycles. The number of carbonyl (C=O) groups is 1. The van der Waals surface area contributed by atoms with Crippen molar-refractivity contribution in [2.45, 2.75) is 39.5 Å². The van der Waals surface area contributed by atoms with Crippen molar-refractivity contribution in [3.63, 3.8) is 0 Å². The predicted molar refractivity (Wildman–Crippen MR) is 84.1 cm³/mol. The van der Waals surface area contributed by atoms with Crippen LogP contribution in [-0.4, -0.2) is 25.5 Å². The van der Waals surface area contributed by atoms with Crippen LogP contribution < -0.4 is 10.2 Å². The molecule has 0 bridgehead atoms. The number of anilines is 1. The second-order valence-corrected chi connectivity index (χ2v) is 6.00. The van der Waals surface area contributed by atoms with E-state index in [1.807, 2.05) is 0 Å². The topological polar surface area (TPSA) is 32.3 Å². The maximum Gasteiger partial charge on any atom is 0.221 e. The Morgan fingerprint density at radius 2 is 2.15 bits per heavy atom. The highest BCUT2D eigenvalue weighted by Gasteiger charge is 2.16. The molecule has 0 atom stereocenters. The smallest absolute Gasteiger partial charge is 0.221 e. The van der Waals surface area contributed by atoms with Crippen LogP contribution in [0.25, 0.3) is 0 Å². The third-order valence-corrected chi connectivity index (χ3v) is 3.86. The maximum absolute atomic E-state index is 11.8. The van der Waals surface area contributed by atoms with Crippen molar-refractivity contribution >= 4 is 11.6 Å². The van der Waals surface area contributed by atoms with E-state index in [2.05, 4.69) is 48.3 Å². The molecule has 1 aromatic rings. The van der Waals surface area contributed by atoms with Gasteiger partial charge in [0.05, 0.1) is 0 Å². The van der Waals surface area contributed by atoms with Gasteiger partial charge in [-0.15, -0.1) is 0 Å². The highest BCUT2D eigenvalue weighted by molar-refractivity contribution is 5.76. The molecule has 1 N–H and O–H groups in total. The van der Waals surface area contributed by atoms with Gasteiger partial charge in [0, 0.05) is 31.7 Å². The number of nitrogens with zero attached hydrogens (tertiary/aromatic N) is 1. The Labute approximate surface area is 122 Å². The molecule has 110 valence electrons. The van der Waals surface area contributed by atoms with E-state index in [0.29, 0.717) is 12.3 Å². The zero-order chi connectivity index (χ0) is 14.4. The highest BCUT2D eigenvalue weighted by atomic mass is 16.1. The zero-order valence-electron chi connectivity index (χ0n) is 12.7. The molecule has 20 heavy (non-hydrogen) atoms. The lowest BCUT2D eigenvalue weighted by atomic mass is 10.0. The average Bonchev–Trinajstić information content (AvgIpc) is 2.44. The number of fused-ring (bicyclic) bond motifs is 1. The van der Waals surface area contributed by atoms with E-state index in [0.717, 1.165) is 32.5 Å². The van der Waals surface area contributed by atoms with E-state index in [-0.39, 0.29) is 5.91 Å². The quantitative estimate of drug-likeness (QED) is 0.865. The fraction of sp³-hybridized carbons (Fsp3) is 0.588. The maximum atomic E-state index is 11.8. The molecule has 1 amide bonds. The molecule has 2 rings (SSSR count). The van der Waals surface area contributed by atoms with Gasteiger partial charge in [-0.2, -0.15) is 0 Å². The van der Waals surface area contributed by atoms with Crippen LogP contribution in [0.3, 0.4) is 0 Å². The lowest BCUT2D eigenvalue weighted by molar-refractivity contribution is -0.120. The summed E-state index contributed by atoms with van der Waals surface area (Å²) in [6.45, 7) is 7.04. The van der Waals surface area contributed by atoms with Crippen LogP contribution in [0.15, 0.2) is 24.3 Å². The largest absolute Gasteiger partial charge is 0.371 e. The Kier molecular flexibility index (Phi) is 5.45. The molecule has 1 heterocycles. The van der Waals surface area contributed by atoms with Crippen LogP contribution in [0.5, 0.6) is 0 Å². The third kappa shape index (κ3) is 4.26. The molecule has 0 fully saturated rings. The van der Waals surface area contributed by atoms with Crippen molar-refractivity contribution in [3.8, 4) is 0 Å². The van der Waals surface area contributed by atoms with Gasteiger partial charge in [0.25, 0.3) is 0 Å². The molecule has 0 spiro atoms. The number of aryl methyl sites for hydroxylation is 1. The van der Waals surface area contributed by atoms with Crippen LogP contribution in [0.2, 0.25) is 0 Å². The Hall–Kier alpha value is -1.51. The minimum absolute atomic E-state index is 0.175. The Bertz CT molecular complexity index is 442. The van der Waals surface area contributed by atoms with Gasteiger partial charge in [0.1, 0.15) is 0 Å². The number of nitrogens with one attached hydrogen (secondary N) is 1. The lowest BCUT2D eigenvalue weighted by Crippen LogP contribution is -2.34. The zero-order valence-corrected chi connectivity index (χ0v) is 12.7. The summed E-state index contributed by atoms with van der Waals surface area (Å²) in [6, 6.07) is 8.55. The van der Waals surface area contributed by atoms with Crippen molar-refractivity contribution in [1.29, 1.82) is 0 Å². The molecule has 0 unspecified atom stereocenters. The van der Waals surface area contributed by atoms with E-state index < -0.39 is 0 Å². The SMILES string of the molecule is CC(C)CCNC(=O)CCN1CCCc2ccccc21. The molecule has 1 aliphatic rings. The van der Waals surface area contributed by atoms with E-state index in [1.54, 1.807) is 0 Å². The summed E-state index contributed by atoms with van der Waals surface area (Å²) in [5.74, 6) is 0.818. The Morgan fingerprint density at radius 1 is 1.35 bits per heavy atom. The number of hydrogen-bond donors (Lipinski definition) is 1. The Balaban J connectivity index is 1.79. The Morgan fingerprint density at radius 3 is 2.95 bits per heavy atom. The van der Waals surface area contributed by atoms with Crippen LogP contribution in [0.1, 0.15) is 38.7 Å². The van der Waals surface area contributed by atoms with Gasteiger partial charge >= 0.3 is 0 Å². The van der Waals surface area contributed by atoms with E-state index in [1.165, 1.54) is 17.7 Å². The number of hydrogen-bond acceptors (Lipinski definition) is 2. The lowest BCUT2D eigenvalue weighted by Gasteiger charge is -2.31. The van der Waals surface area contributed by atoms with Crippen molar-refractivity contribution in [2.24, 2.45) is 5.92 Å². The second kappa shape index (κ2) is 7.32. The summed E-state index contributed by atoms with van der Waals surface area (Å²) in [7, 11) is 0. The highest BCUT2D eigenvalue weighted by Crippen LogP contribution is 2.26. The summed E-state index contributed by atoms with van der Waals surface area (Å²) < 4.78 is 0. The van der Waals surface area contributed by atoms with Gasteiger partial charge in [-0.1, -0.05) is 32.0 Å².